The Labute approximate surface area is 274 Å². The number of carbonyl (C=O) groups excluding carboxylic acids is 1. The van der Waals surface area contributed by atoms with E-state index in [9.17, 15) is 14.7 Å². The van der Waals surface area contributed by atoms with Gasteiger partial charge in [-0.25, -0.2) is 0 Å². The lowest BCUT2D eigenvalue weighted by Crippen LogP contribution is -2.65. The molecule has 5 rings (SSSR count). The number of benzene rings is 2. The fourth-order valence-electron chi connectivity index (χ4n) is 7.59. The molecule has 0 aliphatic carbocycles. The van der Waals surface area contributed by atoms with E-state index in [1.165, 1.54) is 5.20 Å². The van der Waals surface area contributed by atoms with E-state index in [0.29, 0.717) is 26.1 Å². The average molecular weight is 651 g/mol. The second-order valence-corrected chi connectivity index (χ2v) is 18.4. The number of hydrogen-bond donors (Lipinski definition) is 1. The molecule has 3 heterocycles. The molecule has 2 fully saturated rings. The molecule has 0 radical (unpaired) electrons. The standard InChI is InChI=1S/C37H50O8Si/c1-5-46(6-2,7-3)29-19-28(20-34(39)40)43-31-22-33-36(45-30(31)21-29)37(42-24-27-16-12-9-13-17-27)35(32(44-33)18-25(4)38)41-23-26-14-10-8-11-15-26/h8-17,19,28,30-33,35-37H,5-7,18,20-24H2,1-4H3,(H,39,40)/t28-,30+,31-,32-,33+,35-,36+,37+/m0/s1. The Morgan fingerprint density at radius 3 is 1.91 bits per heavy atom. The Morgan fingerprint density at radius 1 is 0.783 bits per heavy atom. The molecule has 2 aromatic rings. The van der Waals surface area contributed by atoms with Crippen LogP contribution in [0, 0.1) is 0 Å². The summed E-state index contributed by atoms with van der Waals surface area (Å²) < 4.78 is 33.6. The number of fused-ring (bicyclic) bond motifs is 2. The van der Waals surface area contributed by atoms with Crippen LogP contribution in [0.25, 0.3) is 0 Å². The van der Waals surface area contributed by atoms with Crippen molar-refractivity contribution in [2.24, 2.45) is 0 Å². The second-order valence-electron chi connectivity index (χ2n) is 13.1. The number of hydrogen-bond acceptors (Lipinski definition) is 7. The highest BCUT2D eigenvalue weighted by atomic mass is 28.3. The minimum absolute atomic E-state index is 0.00857. The molecule has 2 saturated heterocycles. The van der Waals surface area contributed by atoms with E-state index in [2.05, 4.69) is 26.8 Å². The van der Waals surface area contributed by atoms with Gasteiger partial charge in [-0.05, 0) is 24.5 Å². The molecule has 0 aromatic heterocycles. The van der Waals surface area contributed by atoms with Crippen molar-refractivity contribution in [3.63, 3.8) is 0 Å². The number of Topliss-reactive ketones (excluding diaryl/α,β-unsaturated/α-hetero) is 1. The maximum absolute atomic E-state index is 12.5. The Kier molecular flexibility index (Phi) is 12.0. The lowest BCUT2D eigenvalue weighted by molar-refractivity contribution is -0.302. The van der Waals surface area contributed by atoms with Gasteiger partial charge in [0.2, 0.25) is 0 Å². The lowest BCUT2D eigenvalue weighted by atomic mass is 9.86. The number of rotatable bonds is 14. The van der Waals surface area contributed by atoms with Crippen molar-refractivity contribution < 1.29 is 38.4 Å². The van der Waals surface area contributed by atoms with Crippen LogP contribution in [0.4, 0.5) is 0 Å². The number of carboxylic acid groups (broad SMARTS) is 1. The molecule has 3 aliphatic rings. The summed E-state index contributed by atoms with van der Waals surface area (Å²) in [6, 6.07) is 23.3. The quantitative estimate of drug-likeness (QED) is 0.227. The molecule has 0 amide bonds. The third-order valence-electron chi connectivity index (χ3n) is 10.2. The third-order valence-corrected chi connectivity index (χ3v) is 16.0. The van der Waals surface area contributed by atoms with Crippen LogP contribution in [0.1, 0.15) is 64.5 Å². The molecule has 2 aromatic carbocycles. The smallest absolute Gasteiger partial charge is 0.306 e. The Morgan fingerprint density at radius 2 is 1.37 bits per heavy atom. The number of carboxylic acids is 1. The van der Waals surface area contributed by atoms with Crippen LogP contribution < -0.4 is 0 Å². The predicted octanol–water partition coefficient (Wildman–Crippen LogP) is 6.67. The van der Waals surface area contributed by atoms with Crippen molar-refractivity contribution in [1.29, 1.82) is 0 Å². The van der Waals surface area contributed by atoms with E-state index >= 15 is 0 Å². The molecule has 3 aliphatic heterocycles. The van der Waals surface area contributed by atoms with E-state index in [1.54, 1.807) is 6.92 Å². The zero-order valence-corrected chi connectivity index (χ0v) is 28.6. The molecule has 250 valence electrons. The first-order valence-corrected chi connectivity index (χ1v) is 19.6. The summed E-state index contributed by atoms with van der Waals surface area (Å²) in [5.74, 6) is -0.872. The fourth-order valence-corrected chi connectivity index (χ4v) is 11.6. The van der Waals surface area contributed by atoms with Crippen molar-refractivity contribution in [3.05, 3.63) is 83.1 Å². The summed E-state index contributed by atoms with van der Waals surface area (Å²) in [6.45, 7) is 9.07. The predicted molar refractivity (Wildman–Crippen MR) is 178 cm³/mol. The number of carbonyl (C=O) groups is 2. The summed E-state index contributed by atoms with van der Waals surface area (Å²) in [5, 5.41) is 11.1. The van der Waals surface area contributed by atoms with Crippen LogP contribution >= 0.6 is 0 Å². The highest BCUT2D eigenvalue weighted by molar-refractivity contribution is 6.86. The number of ether oxygens (including phenoxy) is 5. The van der Waals surface area contributed by atoms with Crippen LogP contribution in [0.5, 0.6) is 0 Å². The molecule has 9 heteroatoms. The van der Waals surface area contributed by atoms with E-state index in [0.717, 1.165) is 29.3 Å². The monoisotopic (exact) mass is 650 g/mol. The van der Waals surface area contributed by atoms with Gasteiger partial charge >= 0.3 is 5.97 Å². The molecule has 0 bridgehead atoms. The topological polar surface area (TPSA) is 101 Å². The van der Waals surface area contributed by atoms with Gasteiger partial charge in [-0.3, -0.25) is 9.59 Å². The third kappa shape index (κ3) is 8.24. The number of aliphatic carboxylic acids is 1. The van der Waals surface area contributed by atoms with Gasteiger partial charge in [-0.2, -0.15) is 0 Å². The minimum Gasteiger partial charge on any atom is -0.481 e. The maximum Gasteiger partial charge on any atom is 0.306 e. The first-order valence-electron chi connectivity index (χ1n) is 16.9. The molecule has 0 unspecified atom stereocenters. The molecule has 1 N–H and O–H groups in total. The van der Waals surface area contributed by atoms with E-state index in [4.69, 9.17) is 23.7 Å². The highest BCUT2D eigenvalue weighted by Crippen LogP contribution is 2.43. The van der Waals surface area contributed by atoms with Gasteiger partial charge in [0.25, 0.3) is 0 Å². The van der Waals surface area contributed by atoms with Crippen molar-refractivity contribution in [2.45, 2.75) is 134 Å². The van der Waals surface area contributed by atoms with Gasteiger partial charge < -0.3 is 28.8 Å². The fraction of sp³-hybridized carbons (Fsp3) is 0.568. The maximum atomic E-state index is 12.5. The summed E-state index contributed by atoms with van der Waals surface area (Å²) in [4.78, 5) is 24.4. The van der Waals surface area contributed by atoms with Crippen molar-refractivity contribution in [1.82, 2.24) is 0 Å². The largest absolute Gasteiger partial charge is 0.481 e. The van der Waals surface area contributed by atoms with Gasteiger partial charge in [-0.1, -0.05) is 111 Å². The van der Waals surface area contributed by atoms with Crippen molar-refractivity contribution in [3.8, 4) is 0 Å². The normalized spacial score (nSPS) is 29.6. The van der Waals surface area contributed by atoms with Crippen molar-refractivity contribution >= 4 is 19.8 Å². The molecule has 8 nitrogen and oxygen atoms in total. The zero-order valence-electron chi connectivity index (χ0n) is 27.6. The Balaban J connectivity index is 1.47. The summed E-state index contributed by atoms with van der Waals surface area (Å²) in [5.41, 5.74) is 2.06. The minimum atomic E-state index is -1.85. The van der Waals surface area contributed by atoms with Crippen LogP contribution in [0.3, 0.4) is 0 Å². The molecule has 8 atom stereocenters. The van der Waals surface area contributed by atoms with Gasteiger partial charge in [-0.15, -0.1) is 0 Å². The second kappa shape index (κ2) is 16.0. The van der Waals surface area contributed by atoms with Gasteiger partial charge in [0.15, 0.2) is 0 Å². The van der Waals surface area contributed by atoms with Gasteiger partial charge in [0.05, 0.1) is 58.2 Å². The van der Waals surface area contributed by atoms with Crippen LogP contribution in [0.2, 0.25) is 18.1 Å². The first-order chi connectivity index (χ1) is 22.2. The van der Waals surface area contributed by atoms with E-state index in [-0.39, 0.29) is 30.8 Å². The average Bonchev–Trinajstić information content (AvgIpc) is 3.22. The Hall–Kier alpha value is -2.66. The summed E-state index contributed by atoms with van der Waals surface area (Å²) in [7, 11) is -1.85. The van der Waals surface area contributed by atoms with Crippen molar-refractivity contribution in [2.75, 3.05) is 0 Å². The molecule has 0 spiro atoms. The summed E-state index contributed by atoms with van der Waals surface area (Å²) in [6.07, 6.45) is -0.0952. The first kappa shape index (κ1) is 34.7. The highest BCUT2D eigenvalue weighted by Gasteiger charge is 2.54. The lowest BCUT2D eigenvalue weighted by Gasteiger charge is -2.51. The molecule has 0 saturated carbocycles. The van der Waals surface area contributed by atoms with Gasteiger partial charge in [0.1, 0.15) is 24.1 Å². The van der Waals surface area contributed by atoms with E-state index < -0.39 is 50.7 Å². The van der Waals surface area contributed by atoms with Gasteiger partial charge in [0, 0.05) is 12.8 Å². The van der Waals surface area contributed by atoms with Crippen LogP contribution in [-0.2, 0) is 46.5 Å². The van der Waals surface area contributed by atoms with E-state index in [1.807, 2.05) is 60.7 Å². The molecular formula is C37H50O8Si. The SMILES string of the molecule is CC[Si](CC)(CC)C1=C[C@@H](CC(=O)O)O[C@H]2C[C@H]3O[C@@H](CC(C)=O)[C@H](OCc4ccccc4)[C@@H](OCc4ccccc4)[C@@H]3O[C@@H]2C1. The van der Waals surface area contributed by atoms with Crippen LogP contribution in [-0.4, -0.2) is 73.8 Å². The summed E-state index contributed by atoms with van der Waals surface area (Å²) >= 11 is 0. The molecule has 46 heavy (non-hydrogen) atoms. The zero-order chi connectivity index (χ0) is 32.7. The molecular weight excluding hydrogens is 600 g/mol. The number of ketones is 1. The Bertz CT molecular complexity index is 1300. The van der Waals surface area contributed by atoms with Crippen LogP contribution in [0.15, 0.2) is 71.9 Å².